The third-order valence-corrected chi connectivity index (χ3v) is 7.07. The van der Waals surface area contributed by atoms with Gasteiger partial charge in [0.15, 0.2) is 11.5 Å². The number of hydrazone groups is 1. The number of phenolic OH excluding ortho intramolecular Hbond substituents is 1. The quantitative estimate of drug-likeness (QED) is 0.212. The zero-order valence-corrected chi connectivity index (χ0v) is 21.6. The molecular formula is C25H26N4O8S. The largest absolute Gasteiger partial charge is 0.504 e. The van der Waals surface area contributed by atoms with Crippen LogP contribution in [0, 0.1) is 17.0 Å². The number of nitro groups is 1. The monoisotopic (exact) mass is 542 g/mol. The Hall–Kier alpha value is -4.65. The number of methoxy groups -OCH3 is 1. The number of hydrogen-bond acceptors (Lipinski definition) is 9. The minimum atomic E-state index is -4.40. The SMILES string of the molecule is CCOc1cc(/C=N\NC(=O)CN(c2ccc(OC)cc2)S(=O)(=O)c2ccc(C)c([N+](=O)[O-])c2)ccc1O. The van der Waals surface area contributed by atoms with Crippen molar-refractivity contribution in [1.82, 2.24) is 5.43 Å². The summed E-state index contributed by atoms with van der Waals surface area (Å²) in [6.07, 6.45) is 1.30. The highest BCUT2D eigenvalue weighted by Gasteiger charge is 2.29. The Kier molecular flexibility index (Phi) is 8.86. The number of nitrogens with zero attached hydrogens (tertiary/aromatic N) is 3. The number of nitro benzene ring substituents is 1. The molecule has 0 atom stereocenters. The Balaban J connectivity index is 1.89. The molecule has 0 bridgehead atoms. The van der Waals surface area contributed by atoms with Gasteiger partial charge in [0.2, 0.25) is 0 Å². The molecule has 0 spiro atoms. The molecule has 38 heavy (non-hydrogen) atoms. The predicted octanol–water partition coefficient (Wildman–Crippen LogP) is 3.36. The molecule has 0 aromatic heterocycles. The smallest absolute Gasteiger partial charge is 0.273 e. The van der Waals surface area contributed by atoms with Crippen LogP contribution in [0.2, 0.25) is 0 Å². The van der Waals surface area contributed by atoms with Gasteiger partial charge in [0.1, 0.15) is 12.3 Å². The van der Waals surface area contributed by atoms with E-state index in [-0.39, 0.29) is 27.8 Å². The van der Waals surface area contributed by atoms with Crippen LogP contribution in [0.3, 0.4) is 0 Å². The van der Waals surface area contributed by atoms with Crippen molar-refractivity contribution in [3.8, 4) is 17.2 Å². The molecule has 0 heterocycles. The summed E-state index contributed by atoms with van der Waals surface area (Å²) >= 11 is 0. The van der Waals surface area contributed by atoms with Crippen LogP contribution in [-0.4, -0.2) is 50.8 Å². The summed E-state index contributed by atoms with van der Waals surface area (Å²) < 4.78 is 38.3. The van der Waals surface area contributed by atoms with E-state index in [9.17, 15) is 28.4 Å². The van der Waals surface area contributed by atoms with Gasteiger partial charge in [0.05, 0.1) is 35.4 Å². The number of rotatable bonds is 11. The first kappa shape index (κ1) is 27.9. The van der Waals surface area contributed by atoms with Crippen molar-refractivity contribution in [3.05, 3.63) is 81.9 Å². The minimum Gasteiger partial charge on any atom is -0.504 e. The highest BCUT2D eigenvalue weighted by atomic mass is 32.2. The van der Waals surface area contributed by atoms with Crippen LogP contribution < -0.4 is 19.2 Å². The van der Waals surface area contributed by atoms with Gasteiger partial charge in [-0.05, 0) is 67.9 Å². The molecule has 200 valence electrons. The maximum absolute atomic E-state index is 13.6. The number of phenols is 1. The Morgan fingerprint density at radius 1 is 1.16 bits per heavy atom. The zero-order chi connectivity index (χ0) is 27.9. The molecular weight excluding hydrogens is 516 g/mol. The average Bonchev–Trinajstić information content (AvgIpc) is 2.89. The number of benzene rings is 3. The highest BCUT2D eigenvalue weighted by molar-refractivity contribution is 7.92. The third-order valence-electron chi connectivity index (χ3n) is 5.30. The molecule has 0 aliphatic rings. The summed E-state index contributed by atoms with van der Waals surface area (Å²) in [5, 5.41) is 25.0. The second-order valence-electron chi connectivity index (χ2n) is 7.87. The molecule has 1 amide bonds. The Morgan fingerprint density at radius 3 is 2.50 bits per heavy atom. The molecule has 12 nitrogen and oxygen atoms in total. The molecule has 13 heteroatoms. The lowest BCUT2D eigenvalue weighted by Gasteiger charge is -2.24. The fourth-order valence-corrected chi connectivity index (χ4v) is 4.81. The van der Waals surface area contributed by atoms with Crippen molar-refractivity contribution < 1.29 is 32.7 Å². The van der Waals surface area contributed by atoms with Crippen molar-refractivity contribution in [1.29, 1.82) is 0 Å². The summed E-state index contributed by atoms with van der Waals surface area (Å²) in [4.78, 5) is 23.1. The van der Waals surface area contributed by atoms with Crippen LogP contribution in [0.5, 0.6) is 17.2 Å². The van der Waals surface area contributed by atoms with Crippen molar-refractivity contribution in [2.75, 3.05) is 24.6 Å². The number of carbonyl (C=O) groups is 1. The van der Waals surface area contributed by atoms with E-state index < -0.39 is 27.4 Å². The van der Waals surface area contributed by atoms with Gasteiger partial charge in [-0.2, -0.15) is 5.10 Å². The number of aromatic hydroxyl groups is 1. The first-order chi connectivity index (χ1) is 18.1. The minimum absolute atomic E-state index is 0.0512. The van der Waals surface area contributed by atoms with Crippen LogP contribution in [0.4, 0.5) is 11.4 Å². The van der Waals surface area contributed by atoms with E-state index in [0.717, 1.165) is 10.4 Å². The lowest BCUT2D eigenvalue weighted by atomic mass is 10.2. The van der Waals surface area contributed by atoms with Gasteiger partial charge in [0, 0.05) is 11.6 Å². The van der Waals surface area contributed by atoms with Crippen LogP contribution in [0.1, 0.15) is 18.1 Å². The average molecular weight is 543 g/mol. The fourth-order valence-electron chi connectivity index (χ4n) is 3.36. The lowest BCUT2D eigenvalue weighted by molar-refractivity contribution is -0.385. The molecule has 0 aliphatic carbocycles. The summed E-state index contributed by atoms with van der Waals surface area (Å²) in [5.74, 6) is -0.117. The van der Waals surface area contributed by atoms with E-state index in [4.69, 9.17) is 9.47 Å². The zero-order valence-electron chi connectivity index (χ0n) is 20.8. The summed E-state index contributed by atoms with van der Waals surface area (Å²) in [6, 6.07) is 13.9. The number of amides is 1. The topological polar surface area (TPSA) is 161 Å². The van der Waals surface area contributed by atoms with E-state index in [1.807, 2.05) is 0 Å². The number of sulfonamides is 1. The third kappa shape index (κ3) is 6.56. The van der Waals surface area contributed by atoms with Gasteiger partial charge < -0.3 is 14.6 Å². The lowest BCUT2D eigenvalue weighted by Crippen LogP contribution is -2.39. The first-order valence-electron chi connectivity index (χ1n) is 11.3. The van der Waals surface area contributed by atoms with E-state index >= 15 is 0 Å². The fraction of sp³-hybridized carbons (Fsp3) is 0.200. The number of anilines is 1. The predicted molar refractivity (Wildman–Crippen MR) is 140 cm³/mol. The summed E-state index contributed by atoms with van der Waals surface area (Å²) in [7, 11) is -2.95. The second kappa shape index (κ2) is 12.1. The summed E-state index contributed by atoms with van der Waals surface area (Å²) in [5.41, 5.74) is 2.84. The maximum Gasteiger partial charge on any atom is 0.273 e. The molecule has 0 saturated carbocycles. The molecule has 0 aliphatic heterocycles. The molecule has 0 fully saturated rings. The van der Waals surface area contributed by atoms with E-state index in [1.54, 1.807) is 13.0 Å². The van der Waals surface area contributed by atoms with Crippen LogP contribution in [0.15, 0.2) is 70.7 Å². The normalized spacial score (nSPS) is 11.2. The van der Waals surface area contributed by atoms with E-state index in [0.29, 0.717) is 23.5 Å². The van der Waals surface area contributed by atoms with Crippen LogP contribution in [-0.2, 0) is 14.8 Å². The summed E-state index contributed by atoms with van der Waals surface area (Å²) in [6.45, 7) is 2.92. The van der Waals surface area contributed by atoms with Gasteiger partial charge in [-0.3, -0.25) is 19.2 Å². The van der Waals surface area contributed by atoms with E-state index in [1.165, 1.54) is 68.8 Å². The Bertz CT molecular complexity index is 1460. The standard InChI is InChI=1S/C25H26N4O8S/c1-4-37-24-13-18(6-12-23(24)30)15-26-27-25(31)16-28(19-7-9-20(36-3)10-8-19)38(34,35)21-11-5-17(2)22(14-21)29(32)33/h5-15,30H,4,16H2,1-3H3,(H,27,31)/b26-15-. The van der Waals surface area contributed by atoms with Gasteiger partial charge >= 0.3 is 0 Å². The van der Waals surface area contributed by atoms with Crippen LogP contribution in [0.25, 0.3) is 0 Å². The molecule has 3 rings (SSSR count). The molecule has 0 saturated heterocycles. The van der Waals surface area contributed by atoms with Crippen LogP contribution >= 0.6 is 0 Å². The van der Waals surface area contributed by atoms with Crippen molar-refractivity contribution in [2.45, 2.75) is 18.7 Å². The Morgan fingerprint density at radius 2 is 1.87 bits per heavy atom. The Labute approximate surface area is 219 Å². The molecule has 3 aromatic rings. The number of carbonyl (C=O) groups excluding carboxylic acids is 1. The van der Waals surface area contributed by atoms with Gasteiger partial charge in [-0.1, -0.05) is 6.07 Å². The van der Waals surface area contributed by atoms with Crippen molar-refractivity contribution >= 4 is 33.5 Å². The maximum atomic E-state index is 13.6. The number of ether oxygens (including phenoxy) is 2. The molecule has 3 aromatic carbocycles. The van der Waals surface area contributed by atoms with E-state index in [2.05, 4.69) is 10.5 Å². The molecule has 0 unspecified atom stereocenters. The number of nitrogens with one attached hydrogen (secondary N) is 1. The second-order valence-corrected chi connectivity index (χ2v) is 9.73. The van der Waals surface area contributed by atoms with Gasteiger partial charge in [0.25, 0.3) is 21.6 Å². The first-order valence-corrected chi connectivity index (χ1v) is 12.7. The highest BCUT2D eigenvalue weighted by Crippen LogP contribution is 2.29. The molecule has 0 radical (unpaired) electrons. The van der Waals surface area contributed by atoms with Gasteiger partial charge in [-0.25, -0.2) is 13.8 Å². The van der Waals surface area contributed by atoms with Gasteiger partial charge in [-0.15, -0.1) is 0 Å². The number of hydrogen-bond donors (Lipinski definition) is 2. The molecule has 2 N–H and O–H groups in total. The number of aryl methyl sites for hydroxylation is 1. The van der Waals surface area contributed by atoms with Crippen molar-refractivity contribution in [2.24, 2.45) is 5.10 Å². The van der Waals surface area contributed by atoms with Crippen molar-refractivity contribution in [3.63, 3.8) is 0 Å².